The predicted octanol–water partition coefficient (Wildman–Crippen LogP) is 0.657. The van der Waals surface area contributed by atoms with E-state index in [4.69, 9.17) is 5.11 Å². The van der Waals surface area contributed by atoms with Crippen molar-refractivity contribution in [1.29, 1.82) is 0 Å². The number of aliphatic carboxylic acids is 1. The van der Waals surface area contributed by atoms with Gasteiger partial charge in [0.15, 0.2) is 6.10 Å². The van der Waals surface area contributed by atoms with Crippen molar-refractivity contribution < 1.29 is 24.5 Å². The Morgan fingerprint density at radius 1 is 1.33 bits per heavy atom. The van der Waals surface area contributed by atoms with Crippen molar-refractivity contribution >= 4 is 11.9 Å². The molecule has 0 heterocycles. The van der Waals surface area contributed by atoms with E-state index in [1.165, 1.54) is 0 Å². The summed E-state index contributed by atoms with van der Waals surface area (Å²) >= 11 is 0. The average molecular weight is 218 g/mol. The number of hydrogen-bond donors (Lipinski definition) is 2. The maximum Gasteiger partial charge on any atom is 0.335 e. The zero-order valence-electron chi connectivity index (χ0n) is 9.27. The Labute approximate surface area is 89.0 Å². The molecule has 3 atom stereocenters. The van der Waals surface area contributed by atoms with E-state index in [0.717, 1.165) is 0 Å². The zero-order valence-corrected chi connectivity index (χ0v) is 9.27. The Morgan fingerprint density at radius 2 is 1.87 bits per heavy atom. The third kappa shape index (κ3) is 3.87. The molecule has 88 valence electrons. The van der Waals surface area contributed by atoms with E-state index in [9.17, 15) is 14.7 Å². The average Bonchev–Trinajstić information content (AvgIpc) is 2.17. The molecule has 0 rings (SSSR count). The minimum atomic E-state index is -1.59. The normalized spacial score (nSPS) is 16.5. The van der Waals surface area contributed by atoms with Gasteiger partial charge >= 0.3 is 11.9 Å². The van der Waals surface area contributed by atoms with Crippen LogP contribution in [0.5, 0.6) is 0 Å². The molecular formula is C10H18O5. The summed E-state index contributed by atoms with van der Waals surface area (Å²) in [4.78, 5) is 22.1. The molecule has 0 aliphatic rings. The number of carbonyl (C=O) groups is 2. The van der Waals surface area contributed by atoms with Gasteiger partial charge in [0.2, 0.25) is 0 Å². The molecule has 0 saturated heterocycles. The minimum absolute atomic E-state index is 0.128. The Kier molecular flexibility index (Phi) is 5.93. The molecule has 0 saturated carbocycles. The molecule has 15 heavy (non-hydrogen) atoms. The first-order valence-electron chi connectivity index (χ1n) is 5.03. The summed E-state index contributed by atoms with van der Waals surface area (Å²) in [5, 5.41) is 18.4. The van der Waals surface area contributed by atoms with Crippen LogP contribution in [-0.2, 0) is 14.3 Å². The van der Waals surface area contributed by atoms with E-state index in [2.05, 4.69) is 4.74 Å². The van der Waals surface area contributed by atoms with Gasteiger partial charge in [-0.05, 0) is 12.8 Å². The van der Waals surface area contributed by atoms with Crippen LogP contribution in [0.2, 0.25) is 0 Å². The molecule has 0 aromatic heterocycles. The maximum atomic E-state index is 11.2. The molecule has 0 aromatic carbocycles. The summed E-state index contributed by atoms with van der Waals surface area (Å²) in [6.07, 6.45) is -1.01. The van der Waals surface area contributed by atoms with Crippen LogP contribution in [-0.4, -0.2) is 34.9 Å². The summed E-state index contributed by atoms with van der Waals surface area (Å²) < 4.78 is 4.58. The summed E-state index contributed by atoms with van der Waals surface area (Å²) in [6.45, 7) is 5.21. The number of rotatable bonds is 6. The third-order valence-electron chi connectivity index (χ3n) is 2.41. The highest BCUT2D eigenvalue weighted by Crippen LogP contribution is 2.20. The fourth-order valence-corrected chi connectivity index (χ4v) is 1.32. The molecule has 0 aliphatic heterocycles. The lowest BCUT2D eigenvalue weighted by atomic mass is 9.87. The van der Waals surface area contributed by atoms with Gasteiger partial charge < -0.3 is 14.9 Å². The van der Waals surface area contributed by atoms with Gasteiger partial charge in [-0.15, -0.1) is 0 Å². The Morgan fingerprint density at radius 3 is 2.20 bits per heavy atom. The topological polar surface area (TPSA) is 83.8 Å². The van der Waals surface area contributed by atoms with E-state index >= 15 is 0 Å². The van der Waals surface area contributed by atoms with E-state index in [1.807, 2.05) is 0 Å². The van der Waals surface area contributed by atoms with Crippen molar-refractivity contribution in [2.75, 3.05) is 6.61 Å². The lowest BCUT2D eigenvalue weighted by Crippen LogP contribution is -2.39. The molecule has 5 heteroatoms. The maximum absolute atomic E-state index is 11.2. The first kappa shape index (κ1) is 13.9. The van der Waals surface area contributed by atoms with Crippen molar-refractivity contribution in [3.8, 4) is 0 Å². The Hall–Kier alpha value is -1.10. The number of carboxylic acids is 1. The second-order valence-corrected chi connectivity index (χ2v) is 3.45. The molecule has 0 aromatic rings. The summed E-state index contributed by atoms with van der Waals surface area (Å²) in [5.41, 5.74) is 0. The van der Waals surface area contributed by atoms with Gasteiger partial charge in [-0.2, -0.15) is 0 Å². The van der Waals surface area contributed by atoms with Gasteiger partial charge in [-0.1, -0.05) is 20.3 Å². The number of hydrogen-bond acceptors (Lipinski definition) is 4. The number of esters is 1. The van der Waals surface area contributed by atoms with E-state index < -0.39 is 24.0 Å². The molecule has 0 bridgehead atoms. The van der Waals surface area contributed by atoms with Crippen LogP contribution in [0.1, 0.15) is 27.2 Å². The predicted molar refractivity (Wildman–Crippen MR) is 53.2 cm³/mol. The fraction of sp³-hybridized carbons (Fsp3) is 0.800. The highest BCUT2D eigenvalue weighted by atomic mass is 16.5. The van der Waals surface area contributed by atoms with Crippen LogP contribution in [0.3, 0.4) is 0 Å². The van der Waals surface area contributed by atoms with Crippen molar-refractivity contribution in [1.82, 2.24) is 0 Å². The summed E-state index contributed by atoms with van der Waals surface area (Å²) in [7, 11) is 0. The van der Waals surface area contributed by atoms with Gasteiger partial charge in [0, 0.05) is 0 Å². The molecular weight excluding hydrogens is 200 g/mol. The summed E-state index contributed by atoms with van der Waals surface area (Å²) in [5.74, 6) is -3.42. The van der Waals surface area contributed by atoms with E-state index in [-0.39, 0.29) is 12.5 Å². The lowest BCUT2D eigenvalue weighted by Gasteiger charge is -2.22. The summed E-state index contributed by atoms with van der Waals surface area (Å²) in [6, 6.07) is 0. The molecule has 0 amide bonds. The molecule has 0 spiro atoms. The molecule has 0 fully saturated rings. The van der Waals surface area contributed by atoms with Crippen LogP contribution in [0.15, 0.2) is 0 Å². The quantitative estimate of drug-likeness (QED) is 0.640. The van der Waals surface area contributed by atoms with E-state index in [0.29, 0.717) is 6.42 Å². The van der Waals surface area contributed by atoms with Gasteiger partial charge in [0.05, 0.1) is 12.5 Å². The number of aliphatic hydroxyl groups excluding tert-OH is 1. The lowest BCUT2D eigenvalue weighted by molar-refractivity contribution is -0.165. The first-order valence-corrected chi connectivity index (χ1v) is 5.03. The Balaban J connectivity index is 4.62. The van der Waals surface area contributed by atoms with E-state index in [1.54, 1.807) is 20.8 Å². The first-order chi connectivity index (χ1) is 6.95. The second-order valence-electron chi connectivity index (χ2n) is 3.45. The van der Waals surface area contributed by atoms with Gasteiger partial charge in [0.25, 0.3) is 0 Å². The van der Waals surface area contributed by atoms with Crippen LogP contribution < -0.4 is 0 Å². The van der Waals surface area contributed by atoms with Gasteiger partial charge in [-0.25, -0.2) is 4.79 Å². The smallest absolute Gasteiger partial charge is 0.335 e. The third-order valence-corrected chi connectivity index (χ3v) is 2.41. The monoisotopic (exact) mass is 218 g/mol. The second kappa shape index (κ2) is 6.40. The number of carboxylic acid groups (broad SMARTS) is 1. The number of carbonyl (C=O) groups excluding carboxylic acids is 1. The van der Waals surface area contributed by atoms with Crippen LogP contribution >= 0.6 is 0 Å². The number of ether oxygens (including phenoxy) is 1. The highest BCUT2D eigenvalue weighted by Gasteiger charge is 2.36. The highest BCUT2D eigenvalue weighted by molar-refractivity contribution is 5.82. The van der Waals surface area contributed by atoms with Crippen LogP contribution in [0.25, 0.3) is 0 Å². The molecule has 5 nitrogen and oxygen atoms in total. The van der Waals surface area contributed by atoms with Crippen molar-refractivity contribution in [3.05, 3.63) is 0 Å². The van der Waals surface area contributed by atoms with Gasteiger partial charge in [0.1, 0.15) is 0 Å². The molecule has 0 radical (unpaired) electrons. The van der Waals surface area contributed by atoms with Crippen molar-refractivity contribution in [2.45, 2.75) is 33.3 Å². The van der Waals surface area contributed by atoms with Crippen molar-refractivity contribution in [3.63, 3.8) is 0 Å². The fourth-order valence-electron chi connectivity index (χ4n) is 1.32. The van der Waals surface area contributed by atoms with Crippen molar-refractivity contribution in [2.24, 2.45) is 11.8 Å². The number of aliphatic hydroxyl groups is 1. The molecule has 0 aliphatic carbocycles. The molecule has 2 N–H and O–H groups in total. The van der Waals surface area contributed by atoms with Crippen LogP contribution in [0.4, 0.5) is 0 Å². The minimum Gasteiger partial charge on any atom is -0.481 e. The largest absolute Gasteiger partial charge is 0.481 e. The SMILES string of the molecule is CCOC(=O)[C@H](O)[C@@H](C(=O)O)[C@@H](C)CC. The Bertz CT molecular complexity index is 226. The van der Waals surface area contributed by atoms with Crippen LogP contribution in [0, 0.1) is 11.8 Å². The van der Waals surface area contributed by atoms with Gasteiger partial charge in [-0.3, -0.25) is 4.79 Å². The molecule has 0 unspecified atom stereocenters. The zero-order chi connectivity index (χ0) is 12.0. The standard InChI is InChI=1S/C10H18O5/c1-4-6(3)7(9(12)13)8(11)10(14)15-5-2/h6-8,11H,4-5H2,1-3H3,(H,12,13)/t6-,7-,8+/m0/s1.